The fourth-order valence-electron chi connectivity index (χ4n) is 5.99. The van der Waals surface area contributed by atoms with E-state index in [0.29, 0.717) is 39.0 Å². The molecule has 7 rings (SSSR count). The summed E-state index contributed by atoms with van der Waals surface area (Å²) in [5.74, 6) is 0.380. The average Bonchev–Trinajstić information content (AvgIpc) is 3.82. The molecule has 7 nitrogen and oxygen atoms in total. The number of furan rings is 2. The van der Waals surface area contributed by atoms with Crippen LogP contribution in [0.5, 0.6) is 5.75 Å². The third-order valence-electron chi connectivity index (χ3n) is 8.48. The molecule has 3 heterocycles. The van der Waals surface area contributed by atoms with E-state index >= 15 is 0 Å². The number of hydrogen-bond donors (Lipinski definition) is 0. The first-order valence-electron chi connectivity index (χ1n) is 15.1. The Hall–Kier alpha value is -5.43. The van der Waals surface area contributed by atoms with Crippen LogP contribution < -0.4 is 4.74 Å². The number of amides is 1. The second kappa shape index (κ2) is 11.6. The van der Waals surface area contributed by atoms with E-state index in [4.69, 9.17) is 13.6 Å². The van der Waals surface area contributed by atoms with Gasteiger partial charge >= 0.3 is 0 Å². The van der Waals surface area contributed by atoms with Gasteiger partial charge in [-0.1, -0.05) is 60.2 Å². The fraction of sp³-hybridized carbons (Fsp3) is 0.184. The molecule has 0 saturated carbocycles. The lowest BCUT2D eigenvalue weighted by molar-refractivity contribution is -0.132. The van der Waals surface area contributed by atoms with Crippen molar-refractivity contribution in [3.05, 3.63) is 125 Å². The Balaban J connectivity index is 1.27. The highest BCUT2D eigenvalue weighted by atomic mass is 16.5. The predicted molar refractivity (Wildman–Crippen MR) is 172 cm³/mol. The molecule has 1 amide bonds. The van der Waals surface area contributed by atoms with Crippen molar-refractivity contribution in [1.82, 2.24) is 4.90 Å². The van der Waals surface area contributed by atoms with E-state index in [1.807, 2.05) is 73.3 Å². The van der Waals surface area contributed by atoms with Crippen molar-refractivity contribution in [1.29, 1.82) is 0 Å². The van der Waals surface area contributed by atoms with Gasteiger partial charge in [0.1, 0.15) is 16.9 Å². The fourth-order valence-corrected chi connectivity index (χ4v) is 5.99. The van der Waals surface area contributed by atoms with Gasteiger partial charge in [0.2, 0.25) is 11.6 Å². The third-order valence-corrected chi connectivity index (χ3v) is 8.48. The predicted octanol–water partition coefficient (Wildman–Crippen LogP) is 7.93. The minimum Gasteiger partial charge on any atom is -0.484 e. The van der Waals surface area contributed by atoms with Crippen LogP contribution in [0.15, 0.2) is 99.8 Å². The third kappa shape index (κ3) is 5.20. The number of likely N-dealkylation sites (tertiary alicyclic amines) is 1. The number of aryl methyl sites for hydroxylation is 2. The number of fused-ring (bicyclic) bond motifs is 3. The molecule has 224 valence electrons. The Morgan fingerprint density at radius 1 is 0.733 bits per heavy atom. The Bertz CT molecular complexity index is 2060. The van der Waals surface area contributed by atoms with Crippen molar-refractivity contribution < 1.29 is 28.0 Å². The minimum absolute atomic E-state index is 0.0365. The standard InChI is InChI=1S/C38H31NO6/c1-23-10-12-26(13-11-23)34(41)36-24(2)29-18-19-30-33(37(29)45-36)32(25-8-4-3-5-9-25)38(44-30)35(42)27-14-16-28(17-15-27)43-22-31(40)39-20-6-7-21-39/h3-5,8-19H,6-7,20-22H2,1-2H3. The van der Waals surface area contributed by atoms with Crippen LogP contribution in [0.25, 0.3) is 33.1 Å². The van der Waals surface area contributed by atoms with Gasteiger partial charge in [-0.2, -0.15) is 0 Å². The number of ether oxygens (including phenoxy) is 1. The summed E-state index contributed by atoms with van der Waals surface area (Å²) in [7, 11) is 0. The van der Waals surface area contributed by atoms with E-state index in [1.54, 1.807) is 36.4 Å². The van der Waals surface area contributed by atoms with Gasteiger partial charge in [-0.3, -0.25) is 14.4 Å². The molecule has 1 aliphatic heterocycles. The molecule has 1 aliphatic rings. The molecule has 0 aliphatic carbocycles. The van der Waals surface area contributed by atoms with Crippen molar-refractivity contribution in [2.75, 3.05) is 19.7 Å². The van der Waals surface area contributed by atoms with Crippen LogP contribution in [0.1, 0.15) is 56.2 Å². The monoisotopic (exact) mass is 597 g/mol. The number of rotatable bonds is 8. The topological polar surface area (TPSA) is 90.0 Å². The second-order valence-electron chi connectivity index (χ2n) is 11.5. The van der Waals surface area contributed by atoms with Gasteiger partial charge in [-0.15, -0.1) is 0 Å². The number of nitrogens with zero attached hydrogens (tertiary/aromatic N) is 1. The molecule has 1 fully saturated rings. The van der Waals surface area contributed by atoms with Crippen molar-refractivity contribution >= 4 is 39.4 Å². The van der Waals surface area contributed by atoms with Gasteiger partial charge in [0, 0.05) is 40.7 Å². The molecular formula is C38H31NO6. The number of carbonyl (C=O) groups is 3. The lowest BCUT2D eigenvalue weighted by Gasteiger charge is -2.15. The second-order valence-corrected chi connectivity index (χ2v) is 11.5. The molecule has 45 heavy (non-hydrogen) atoms. The summed E-state index contributed by atoms with van der Waals surface area (Å²) >= 11 is 0. The number of ketones is 2. The van der Waals surface area contributed by atoms with E-state index < -0.39 is 0 Å². The Labute approximate surface area is 260 Å². The zero-order valence-electron chi connectivity index (χ0n) is 25.1. The van der Waals surface area contributed by atoms with Gasteiger partial charge in [-0.25, -0.2) is 0 Å². The summed E-state index contributed by atoms with van der Waals surface area (Å²) in [6.07, 6.45) is 2.04. The van der Waals surface area contributed by atoms with E-state index in [2.05, 4.69) is 0 Å². The summed E-state index contributed by atoms with van der Waals surface area (Å²) in [6, 6.07) is 27.3. The van der Waals surface area contributed by atoms with E-state index in [0.717, 1.165) is 48.0 Å². The molecule has 1 saturated heterocycles. The molecule has 6 aromatic rings. The quantitative estimate of drug-likeness (QED) is 0.166. The molecule has 7 heteroatoms. The molecule has 0 bridgehead atoms. The highest BCUT2D eigenvalue weighted by Crippen LogP contribution is 2.42. The van der Waals surface area contributed by atoms with Crippen LogP contribution >= 0.6 is 0 Å². The lowest BCUT2D eigenvalue weighted by atomic mass is 9.96. The maximum atomic E-state index is 14.0. The van der Waals surface area contributed by atoms with Crippen molar-refractivity contribution in [3.8, 4) is 16.9 Å². The first kappa shape index (κ1) is 28.3. The summed E-state index contributed by atoms with van der Waals surface area (Å²) in [5.41, 5.74) is 5.09. The average molecular weight is 598 g/mol. The number of hydrogen-bond acceptors (Lipinski definition) is 6. The van der Waals surface area contributed by atoms with E-state index in [-0.39, 0.29) is 35.6 Å². The first-order valence-corrected chi connectivity index (χ1v) is 15.1. The van der Waals surface area contributed by atoms with E-state index in [1.165, 1.54) is 0 Å². The smallest absolute Gasteiger partial charge is 0.260 e. The Kier molecular flexibility index (Phi) is 7.29. The highest BCUT2D eigenvalue weighted by molar-refractivity contribution is 6.21. The van der Waals surface area contributed by atoms with E-state index in [9.17, 15) is 14.4 Å². The van der Waals surface area contributed by atoms with Crippen LogP contribution in [0.4, 0.5) is 0 Å². The van der Waals surface area contributed by atoms with Gasteiger partial charge in [-0.05, 0) is 68.7 Å². The van der Waals surface area contributed by atoms with Crippen LogP contribution in [0.2, 0.25) is 0 Å². The zero-order valence-corrected chi connectivity index (χ0v) is 25.1. The van der Waals surface area contributed by atoms with Gasteiger partial charge in [0.15, 0.2) is 18.1 Å². The summed E-state index contributed by atoms with van der Waals surface area (Å²) in [5, 5.41) is 1.41. The van der Waals surface area contributed by atoms with Gasteiger partial charge in [0.25, 0.3) is 5.91 Å². The van der Waals surface area contributed by atoms with Crippen LogP contribution in [-0.4, -0.2) is 42.1 Å². The number of benzene rings is 4. The lowest BCUT2D eigenvalue weighted by Crippen LogP contribution is -2.32. The van der Waals surface area contributed by atoms with Gasteiger partial charge in [0.05, 0.1) is 5.39 Å². The first-order chi connectivity index (χ1) is 21.9. The molecule has 0 radical (unpaired) electrons. The molecule has 4 aromatic carbocycles. The summed E-state index contributed by atoms with van der Waals surface area (Å²) < 4.78 is 18.3. The zero-order chi connectivity index (χ0) is 31.1. The van der Waals surface area contributed by atoms with Crippen molar-refractivity contribution in [2.24, 2.45) is 0 Å². The molecular weight excluding hydrogens is 566 g/mol. The Morgan fingerprint density at radius 3 is 2.07 bits per heavy atom. The molecule has 0 N–H and O–H groups in total. The highest BCUT2D eigenvalue weighted by Gasteiger charge is 2.28. The van der Waals surface area contributed by atoms with Crippen molar-refractivity contribution in [3.63, 3.8) is 0 Å². The SMILES string of the molecule is Cc1ccc(C(=O)c2oc3c(ccc4oc(C(=O)c5ccc(OCC(=O)N6CCCC6)cc5)c(-c5ccccc5)c43)c2C)cc1. The molecule has 0 atom stereocenters. The van der Waals surface area contributed by atoms with Crippen LogP contribution in [0, 0.1) is 13.8 Å². The Morgan fingerprint density at radius 2 is 1.38 bits per heavy atom. The summed E-state index contributed by atoms with van der Waals surface area (Å²) in [4.78, 5) is 41.7. The largest absolute Gasteiger partial charge is 0.484 e. The number of carbonyl (C=O) groups excluding carboxylic acids is 3. The summed E-state index contributed by atoms with van der Waals surface area (Å²) in [6.45, 7) is 5.34. The molecule has 0 spiro atoms. The van der Waals surface area contributed by atoms with Crippen molar-refractivity contribution in [2.45, 2.75) is 26.7 Å². The minimum atomic E-state index is -0.308. The maximum Gasteiger partial charge on any atom is 0.260 e. The maximum absolute atomic E-state index is 14.0. The normalized spacial score (nSPS) is 13.1. The van der Waals surface area contributed by atoms with Crippen LogP contribution in [0.3, 0.4) is 0 Å². The van der Waals surface area contributed by atoms with Crippen LogP contribution in [-0.2, 0) is 4.79 Å². The molecule has 2 aromatic heterocycles. The molecule has 0 unspecified atom stereocenters. The van der Waals surface area contributed by atoms with Gasteiger partial charge < -0.3 is 18.5 Å².